The number of carbonyl (C=O) groups excluding carboxylic acids is 1. The number of amides is 1. The van der Waals surface area contributed by atoms with Gasteiger partial charge in [0.2, 0.25) is 16.4 Å². The Morgan fingerprint density at radius 3 is 1.24 bits per heavy atom. The molecule has 0 radical (unpaired) electrons. The van der Waals surface area contributed by atoms with E-state index in [4.69, 9.17) is 72.7 Å². The average Bonchev–Trinajstić information content (AvgIpc) is 1.00. The van der Waals surface area contributed by atoms with Gasteiger partial charge in [-0.2, -0.15) is 0 Å². The molecule has 0 unspecified atom stereocenters. The molecule has 0 spiro atoms. The molecule has 23 heteroatoms. The fourth-order valence-corrected chi connectivity index (χ4v) is 8.52. The van der Waals surface area contributed by atoms with E-state index in [2.05, 4.69) is 15.0 Å². The fraction of sp³-hybridized carbons (Fsp3) is 0.211. The van der Waals surface area contributed by atoms with Gasteiger partial charge in [0.15, 0.2) is 11.5 Å². The number of anilines is 4. The summed E-state index contributed by atoms with van der Waals surface area (Å²) < 4.78 is 36.4. The highest BCUT2D eigenvalue weighted by atomic mass is 32.2. The first-order valence-electron chi connectivity index (χ1n) is 30.2. The SMILES string of the molecule is Cc1cc(N)cc(CO)c1.Cc1cc(O)cc(O)c1.Cc1ccc(F)c(C)c1.Cc1ccc(O)c(C)c1.Cc1ccc(O)c(CO)c1.Cc1ccc(O)c(CO)n1.Cc1ccc(O)c(N)c1.Cc1ccc(O)c(NC=O)c1.Cc1ccc(O)c(NS(C)(=O)=O)c1.Cc1ccc(O)c(O)c1. The van der Waals surface area contributed by atoms with Crippen molar-refractivity contribution in [1.82, 2.24) is 4.98 Å². The number of sulfonamides is 1. The second-order valence-electron chi connectivity index (χ2n) is 22.6. The van der Waals surface area contributed by atoms with Crippen molar-refractivity contribution in [3.63, 3.8) is 0 Å². The third-order valence-corrected chi connectivity index (χ3v) is 13.4. The van der Waals surface area contributed by atoms with Crippen LogP contribution in [-0.4, -0.2) is 92.5 Å². The Morgan fingerprint density at radius 1 is 0.404 bits per heavy atom. The van der Waals surface area contributed by atoms with Crippen LogP contribution in [0.5, 0.6) is 57.5 Å². The molecule has 0 bridgehead atoms. The van der Waals surface area contributed by atoms with Gasteiger partial charge < -0.3 is 83.2 Å². The number of rotatable bonds is 7. The molecular formula is C76H94FN5O16S. The van der Waals surface area contributed by atoms with Gasteiger partial charge in [0.25, 0.3) is 0 Å². The fourth-order valence-electron chi connectivity index (χ4n) is 7.96. The molecule has 9 aromatic carbocycles. The maximum absolute atomic E-state index is 12.5. The second-order valence-corrected chi connectivity index (χ2v) is 24.3. The summed E-state index contributed by atoms with van der Waals surface area (Å²) in [6, 6.07) is 48.6. The molecule has 21 nitrogen and oxygen atoms in total. The van der Waals surface area contributed by atoms with Crippen molar-refractivity contribution < 1.29 is 84.0 Å². The van der Waals surface area contributed by atoms with Gasteiger partial charge in [0, 0.05) is 23.0 Å². The molecule has 10 rings (SSSR count). The van der Waals surface area contributed by atoms with Crippen molar-refractivity contribution >= 4 is 39.2 Å². The molecule has 0 aliphatic carbocycles. The van der Waals surface area contributed by atoms with Crippen LogP contribution >= 0.6 is 0 Å². The Balaban J connectivity index is 0.000000551. The number of phenols is 9. The molecule has 0 aliphatic heterocycles. The molecule has 0 saturated heterocycles. The van der Waals surface area contributed by atoms with Crippen LogP contribution in [0, 0.1) is 88.9 Å². The number of halogens is 1. The summed E-state index contributed by atoms with van der Waals surface area (Å²) in [7, 11) is -3.33. The lowest BCUT2D eigenvalue weighted by molar-refractivity contribution is -0.105. The lowest BCUT2D eigenvalue weighted by Crippen LogP contribution is -2.09. The van der Waals surface area contributed by atoms with Crippen molar-refractivity contribution in [2.45, 2.75) is 103 Å². The summed E-state index contributed by atoms with van der Waals surface area (Å²) in [6.45, 7) is 22.3. The van der Waals surface area contributed by atoms with Gasteiger partial charge in [-0.1, -0.05) is 83.4 Å². The highest BCUT2D eigenvalue weighted by molar-refractivity contribution is 7.92. The van der Waals surface area contributed by atoms with Crippen LogP contribution in [0.15, 0.2) is 176 Å². The van der Waals surface area contributed by atoms with Crippen molar-refractivity contribution in [2.75, 3.05) is 27.8 Å². The zero-order valence-corrected chi connectivity index (χ0v) is 58.7. The topological polar surface area (TPSA) is 403 Å². The standard InChI is InChI=1S/C8H9F.C8H11NO3S.C8H9NO2.C8H11NO.C8H10O2.C8H10O.C7H9NO2.C7H9NO.2C7H8O2/c1-6-3-4-8(9)7(2)5-6;1-6-3-4-8(10)7(5-6)9-13(2,11)12;1-6-2-3-8(11)7(4-6)9-5-10;1-6-2-7(5-10)4-8(9)3-6;1-6-2-3-8(10)7(4-6)5-9;1-6-3-4-8(9)7(2)5-6;1-5-2-3-7(10)6(4-9)8-5;1-5-2-3-7(9)6(8)4-5;1-5-2-6(8)4-7(9)3-5;1-5-2-3-6(8)7(9)4-5/h3-5H,1-2H3;3-5,9-10H,1-2H3;2-5,11H,1H3,(H,9,10);2-4,10H,5,9H2,1H3;2-4,9-10H,5H2,1H3;3-5,9H,1-2H3;2-3,9-10H,4H2,1H3;2-4,9H,8H2,1H3;2*2-4,8-9H,1H3. The van der Waals surface area contributed by atoms with E-state index in [0.717, 1.165) is 73.1 Å². The van der Waals surface area contributed by atoms with Gasteiger partial charge in [0.05, 0.1) is 43.1 Å². The molecular weight excluding hydrogens is 1290 g/mol. The quantitative estimate of drug-likeness (QED) is 0.0400. The van der Waals surface area contributed by atoms with Gasteiger partial charge in [-0.25, -0.2) is 12.8 Å². The Hall–Kier alpha value is -11.2. The second kappa shape index (κ2) is 43.8. The first kappa shape index (κ1) is 85.8. The number of pyridine rings is 1. The van der Waals surface area contributed by atoms with Gasteiger partial charge >= 0.3 is 0 Å². The smallest absolute Gasteiger partial charge is 0.229 e. The van der Waals surface area contributed by atoms with Crippen LogP contribution in [0.4, 0.5) is 27.1 Å². The molecule has 1 heterocycles. The van der Waals surface area contributed by atoms with E-state index >= 15 is 0 Å². The Bertz CT molecular complexity index is 3950. The molecule has 19 N–H and O–H groups in total. The largest absolute Gasteiger partial charge is 0.508 e. The summed E-state index contributed by atoms with van der Waals surface area (Å²) in [5.41, 5.74) is 26.1. The Labute approximate surface area is 579 Å². The first-order valence-corrected chi connectivity index (χ1v) is 32.1. The normalized spacial score (nSPS) is 9.79. The molecule has 1 aromatic heterocycles. The van der Waals surface area contributed by atoms with E-state index in [9.17, 15) is 22.7 Å². The van der Waals surface area contributed by atoms with Crippen LogP contribution in [0.3, 0.4) is 0 Å². The number of aromatic hydroxyl groups is 10. The van der Waals surface area contributed by atoms with E-state index < -0.39 is 10.0 Å². The highest BCUT2D eigenvalue weighted by Crippen LogP contribution is 2.27. The molecule has 0 atom stereocenters. The highest BCUT2D eigenvalue weighted by Gasteiger charge is 2.07. The Morgan fingerprint density at radius 2 is 0.838 bits per heavy atom. The third-order valence-electron chi connectivity index (χ3n) is 12.8. The predicted molar refractivity (Wildman–Crippen MR) is 390 cm³/mol. The number of hydrogen-bond acceptors (Lipinski definition) is 19. The zero-order valence-electron chi connectivity index (χ0n) is 57.9. The summed E-state index contributed by atoms with van der Waals surface area (Å²) in [5, 5.41) is 118. The number of aliphatic hydroxyl groups excluding tert-OH is 3. The first-order chi connectivity index (χ1) is 46.3. The number of nitrogens with one attached hydrogen (secondary N) is 2. The maximum Gasteiger partial charge on any atom is 0.229 e. The van der Waals surface area contributed by atoms with E-state index in [0.29, 0.717) is 40.5 Å². The van der Waals surface area contributed by atoms with Crippen molar-refractivity contribution in [1.29, 1.82) is 0 Å². The van der Waals surface area contributed by atoms with E-state index in [1.807, 2.05) is 98.7 Å². The van der Waals surface area contributed by atoms with Crippen LogP contribution in [0.2, 0.25) is 0 Å². The average molecular weight is 1380 g/mol. The maximum atomic E-state index is 12.5. The summed E-state index contributed by atoms with van der Waals surface area (Å²) >= 11 is 0. The van der Waals surface area contributed by atoms with Gasteiger partial charge in [0.1, 0.15) is 57.5 Å². The lowest BCUT2D eigenvalue weighted by atomic mass is 10.1. The number of phenolic OH excluding ortho intramolecular Hbond substituents is 8. The third kappa shape index (κ3) is 36.5. The minimum Gasteiger partial charge on any atom is -0.508 e. The molecule has 532 valence electrons. The number of nitrogen functional groups attached to an aromatic ring is 2. The number of nitrogens with zero attached hydrogens (tertiary/aromatic N) is 1. The lowest BCUT2D eigenvalue weighted by Gasteiger charge is -2.06. The van der Waals surface area contributed by atoms with Gasteiger partial charge in [-0.3, -0.25) is 14.5 Å². The number of aliphatic hydroxyl groups is 3. The number of benzene rings is 9. The molecule has 0 saturated carbocycles. The zero-order chi connectivity index (χ0) is 75.3. The van der Waals surface area contributed by atoms with E-state index in [1.54, 1.807) is 124 Å². The van der Waals surface area contributed by atoms with Crippen LogP contribution < -0.4 is 21.5 Å². The van der Waals surface area contributed by atoms with E-state index in [1.165, 1.54) is 42.0 Å². The van der Waals surface area contributed by atoms with Crippen LogP contribution in [0.1, 0.15) is 83.7 Å². The Kier molecular flexibility index (Phi) is 37.9. The van der Waals surface area contributed by atoms with Crippen LogP contribution in [-0.2, 0) is 34.6 Å². The molecule has 99 heavy (non-hydrogen) atoms. The van der Waals surface area contributed by atoms with Gasteiger partial charge in [-0.05, 0) is 236 Å². The summed E-state index contributed by atoms with van der Waals surface area (Å²) in [4.78, 5) is 13.9. The monoisotopic (exact) mass is 1380 g/mol. The van der Waals surface area contributed by atoms with Crippen molar-refractivity contribution in [3.05, 3.63) is 265 Å². The number of hydrogen-bond donors (Lipinski definition) is 17. The number of aryl methyl sites for hydroxylation is 12. The van der Waals surface area contributed by atoms with Crippen molar-refractivity contribution in [3.8, 4) is 57.5 Å². The van der Waals surface area contributed by atoms with Gasteiger partial charge in [-0.15, -0.1) is 0 Å². The number of aromatic nitrogens is 1. The molecule has 1 amide bonds. The minimum absolute atomic E-state index is 0.0492. The minimum atomic E-state index is -3.33. The number of carbonyl (C=O) groups is 1. The predicted octanol–water partition coefficient (Wildman–Crippen LogP) is 13.7. The van der Waals surface area contributed by atoms with E-state index in [-0.39, 0.29) is 83.1 Å². The van der Waals surface area contributed by atoms with Crippen LogP contribution in [0.25, 0.3) is 0 Å². The number of nitrogens with two attached hydrogens (primary N) is 2. The molecule has 0 fully saturated rings. The molecule has 10 aromatic rings. The molecule has 0 aliphatic rings. The summed E-state index contributed by atoms with van der Waals surface area (Å²) in [5.74, 6) is 0.706. The summed E-state index contributed by atoms with van der Waals surface area (Å²) in [6.07, 6.45) is 1.57. The van der Waals surface area contributed by atoms with Crippen molar-refractivity contribution in [2.24, 2.45) is 0 Å².